The molecule has 8 nitrogen and oxygen atoms in total. The summed E-state index contributed by atoms with van der Waals surface area (Å²) in [6.07, 6.45) is -4.38. The Morgan fingerprint density at radius 3 is 1.60 bits per heavy atom. The average molecular weight is 599 g/mol. The summed E-state index contributed by atoms with van der Waals surface area (Å²) in [5.74, 6) is -1.43. The lowest BCUT2D eigenvalue weighted by molar-refractivity contribution is -0.199. The number of benzene rings is 4. The first kappa shape index (κ1) is 29.9. The van der Waals surface area contributed by atoms with Crippen LogP contribution < -0.4 is 4.74 Å². The maximum Gasteiger partial charge on any atom is 0.338 e. The Kier molecular flexibility index (Phi) is 9.76. The van der Waals surface area contributed by atoms with Crippen molar-refractivity contribution in [3.05, 3.63) is 138 Å². The Hall–Kier alpha value is -4.60. The molecule has 0 unspecified atom stereocenters. The van der Waals surface area contributed by atoms with Crippen LogP contribution in [0.4, 0.5) is 0 Å². The molecule has 0 aromatic heterocycles. The van der Waals surface area contributed by atoms with Crippen molar-refractivity contribution in [3.63, 3.8) is 0 Å². The topological polar surface area (TPSA) is 97.4 Å². The standard InChI is InChI=1S/C34H30O8S/c1-22-17-19-26(20-18-22)39-28-27(21-38-31(35)23-11-5-2-6-12-23)40-34(43)30(42-33(37)25-15-9-4-10-16-25)29(28)41-32(36)24-13-7-3-8-14-24/h2-20,27-30,34,43H,21H2,1H3/t27-,28-,29+,30-,34+/m1/s1. The van der Waals surface area contributed by atoms with E-state index in [0.29, 0.717) is 22.4 Å². The number of carbonyl (C=O) groups is 3. The van der Waals surface area contributed by atoms with E-state index >= 15 is 0 Å². The van der Waals surface area contributed by atoms with E-state index in [1.165, 1.54) is 0 Å². The van der Waals surface area contributed by atoms with E-state index in [0.717, 1.165) is 5.56 Å². The highest BCUT2D eigenvalue weighted by atomic mass is 32.1. The van der Waals surface area contributed by atoms with E-state index < -0.39 is 47.8 Å². The molecule has 1 aliphatic heterocycles. The molecule has 5 rings (SSSR count). The molecule has 1 heterocycles. The number of aryl methyl sites for hydroxylation is 1. The van der Waals surface area contributed by atoms with Gasteiger partial charge in [0.2, 0.25) is 0 Å². The number of hydrogen-bond acceptors (Lipinski definition) is 9. The lowest BCUT2D eigenvalue weighted by atomic mass is 9.98. The largest absolute Gasteiger partial charge is 0.484 e. The molecule has 9 heteroatoms. The van der Waals surface area contributed by atoms with Crippen LogP contribution in [0.3, 0.4) is 0 Å². The lowest BCUT2D eigenvalue weighted by Crippen LogP contribution is -2.62. The molecule has 1 aliphatic rings. The predicted octanol–water partition coefficient (Wildman–Crippen LogP) is 5.71. The Morgan fingerprint density at radius 1 is 0.628 bits per heavy atom. The van der Waals surface area contributed by atoms with Gasteiger partial charge >= 0.3 is 17.9 Å². The summed E-state index contributed by atoms with van der Waals surface area (Å²) in [6.45, 7) is 1.69. The highest BCUT2D eigenvalue weighted by Crippen LogP contribution is 2.33. The van der Waals surface area contributed by atoms with E-state index in [1.54, 1.807) is 103 Å². The van der Waals surface area contributed by atoms with E-state index in [1.807, 2.05) is 19.1 Å². The van der Waals surface area contributed by atoms with Gasteiger partial charge in [-0.25, -0.2) is 14.4 Å². The van der Waals surface area contributed by atoms with Crippen LogP contribution in [0.25, 0.3) is 0 Å². The van der Waals surface area contributed by atoms with Crippen LogP contribution in [0.5, 0.6) is 5.75 Å². The quantitative estimate of drug-likeness (QED) is 0.149. The third-order valence-electron chi connectivity index (χ3n) is 6.80. The summed E-state index contributed by atoms with van der Waals surface area (Å²) in [6, 6.07) is 32.6. The van der Waals surface area contributed by atoms with Gasteiger partial charge in [-0.2, -0.15) is 0 Å². The minimum Gasteiger partial charge on any atom is -0.484 e. The van der Waals surface area contributed by atoms with Gasteiger partial charge in [-0.05, 0) is 55.5 Å². The van der Waals surface area contributed by atoms with Gasteiger partial charge in [-0.3, -0.25) is 0 Å². The lowest BCUT2D eigenvalue weighted by Gasteiger charge is -2.43. The molecule has 4 aromatic carbocycles. The molecule has 1 saturated heterocycles. The molecule has 1 fully saturated rings. The predicted molar refractivity (Wildman–Crippen MR) is 161 cm³/mol. The van der Waals surface area contributed by atoms with Crippen molar-refractivity contribution in [3.8, 4) is 5.75 Å². The number of ether oxygens (including phenoxy) is 5. The molecule has 0 bridgehead atoms. The van der Waals surface area contributed by atoms with Crippen LogP contribution in [0, 0.1) is 6.92 Å². The molecule has 0 saturated carbocycles. The Labute approximate surface area is 254 Å². The van der Waals surface area contributed by atoms with Crippen molar-refractivity contribution < 1.29 is 38.1 Å². The first-order chi connectivity index (χ1) is 20.9. The van der Waals surface area contributed by atoms with Crippen molar-refractivity contribution >= 4 is 30.5 Å². The average Bonchev–Trinajstić information content (AvgIpc) is 3.05. The van der Waals surface area contributed by atoms with Gasteiger partial charge in [0.15, 0.2) is 18.3 Å². The molecule has 0 aliphatic carbocycles. The molecule has 0 radical (unpaired) electrons. The van der Waals surface area contributed by atoms with Crippen molar-refractivity contribution in [2.24, 2.45) is 0 Å². The summed E-state index contributed by atoms with van der Waals surface area (Å²) < 4.78 is 30.0. The van der Waals surface area contributed by atoms with Crippen LogP contribution >= 0.6 is 12.6 Å². The Morgan fingerprint density at radius 2 is 1.09 bits per heavy atom. The molecule has 0 amide bonds. The van der Waals surface area contributed by atoms with E-state index in [4.69, 9.17) is 23.7 Å². The molecule has 0 N–H and O–H groups in total. The summed E-state index contributed by atoms with van der Waals surface area (Å²) in [4.78, 5) is 39.3. The number of carbonyl (C=O) groups excluding carboxylic acids is 3. The summed E-state index contributed by atoms with van der Waals surface area (Å²) >= 11 is 4.58. The van der Waals surface area contributed by atoms with Crippen molar-refractivity contribution in [1.29, 1.82) is 0 Å². The highest BCUT2D eigenvalue weighted by molar-refractivity contribution is 7.80. The molecular weight excluding hydrogens is 568 g/mol. The van der Waals surface area contributed by atoms with Crippen molar-refractivity contribution in [2.75, 3.05) is 6.61 Å². The van der Waals surface area contributed by atoms with Gasteiger partial charge in [0, 0.05) is 0 Å². The summed E-state index contributed by atoms with van der Waals surface area (Å²) in [5, 5.41) is 0. The third kappa shape index (κ3) is 7.63. The first-order valence-corrected chi connectivity index (χ1v) is 14.2. The minimum absolute atomic E-state index is 0.250. The smallest absolute Gasteiger partial charge is 0.338 e. The van der Waals surface area contributed by atoms with E-state index in [9.17, 15) is 14.4 Å². The van der Waals surface area contributed by atoms with Crippen LogP contribution in [-0.2, 0) is 18.9 Å². The van der Waals surface area contributed by atoms with Crippen LogP contribution in [0.2, 0.25) is 0 Å². The van der Waals surface area contributed by atoms with Crippen LogP contribution in [0.15, 0.2) is 115 Å². The number of rotatable bonds is 9. The third-order valence-corrected chi connectivity index (χ3v) is 7.21. The maximum absolute atomic E-state index is 13.4. The van der Waals surface area contributed by atoms with E-state index in [2.05, 4.69) is 12.6 Å². The number of esters is 3. The molecule has 220 valence electrons. The molecule has 5 atom stereocenters. The zero-order valence-electron chi connectivity index (χ0n) is 23.3. The second-order valence-electron chi connectivity index (χ2n) is 9.90. The van der Waals surface area contributed by atoms with Gasteiger partial charge in [0.25, 0.3) is 0 Å². The SMILES string of the molecule is Cc1ccc(O[C@H]2[C@H](OC(=O)c3ccccc3)[C@@H](OC(=O)c3ccccc3)[C@H](S)O[C@@H]2COC(=O)c2ccccc2)cc1. The normalized spacial score (nSPS) is 21.3. The minimum atomic E-state index is -1.20. The fourth-order valence-corrected chi connectivity index (χ4v) is 4.94. The van der Waals surface area contributed by atoms with Gasteiger partial charge in [0.1, 0.15) is 23.9 Å². The molecule has 4 aromatic rings. The fraction of sp³-hybridized carbons (Fsp3) is 0.206. The summed E-state index contributed by atoms with van der Waals surface area (Å²) in [5.41, 5.74) is 0.904. The van der Waals surface area contributed by atoms with Crippen molar-refractivity contribution in [2.45, 2.75) is 36.8 Å². The first-order valence-electron chi connectivity index (χ1n) is 13.7. The monoisotopic (exact) mass is 598 g/mol. The van der Waals surface area contributed by atoms with Gasteiger partial charge in [-0.1, -0.05) is 72.3 Å². The fourth-order valence-electron chi connectivity index (χ4n) is 4.55. The number of hydrogen-bond donors (Lipinski definition) is 1. The Balaban J connectivity index is 1.47. The van der Waals surface area contributed by atoms with Crippen molar-refractivity contribution in [1.82, 2.24) is 0 Å². The molecular formula is C34H30O8S. The second kappa shape index (κ2) is 14.0. The van der Waals surface area contributed by atoms with Gasteiger partial charge in [-0.15, -0.1) is 12.6 Å². The van der Waals surface area contributed by atoms with Gasteiger partial charge < -0.3 is 23.7 Å². The zero-order chi connectivity index (χ0) is 30.2. The Bertz CT molecular complexity index is 1510. The summed E-state index contributed by atoms with van der Waals surface area (Å²) in [7, 11) is 0. The second-order valence-corrected chi connectivity index (χ2v) is 10.4. The maximum atomic E-state index is 13.4. The number of thiol groups is 1. The zero-order valence-corrected chi connectivity index (χ0v) is 24.2. The highest BCUT2D eigenvalue weighted by Gasteiger charge is 2.51. The van der Waals surface area contributed by atoms with E-state index in [-0.39, 0.29) is 6.61 Å². The van der Waals surface area contributed by atoms with Crippen LogP contribution in [0.1, 0.15) is 36.6 Å². The van der Waals surface area contributed by atoms with Crippen LogP contribution in [-0.4, -0.2) is 54.4 Å². The van der Waals surface area contributed by atoms with Gasteiger partial charge in [0.05, 0.1) is 16.7 Å². The molecule has 0 spiro atoms. The molecule has 43 heavy (non-hydrogen) atoms.